The third-order valence-electron chi connectivity index (χ3n) is 2.87. The summed E-state index contributed by atoms with van der Waals surface area (Å²) in [5.41, 5.74) is 0. The van der Waals surface area contributed by atoms with Crippen molar-refractivity contribution in [2.24, 2.45) is 0 Å². The molecule has 0 spiro atoms. The van der Waals surface area contributed by atoms with Crippen molar-refractivity contribution in [3.63, 3.8) is 0 Å². The Morgan fingerprint density at radius 1 is 1.40 bits per heavy atom. The Kier molecular flexibility index (Phi) is 5.79. The van der Waals surface area contributed by atoms with E-state index in [1.54, 1.807) is 0 Å². The number of hydrogen-bond donors (Lipinski definition) is 6. The molecule has 11 heteroatoms. The van der Waals surface area contributed by atoms with Crippen LogP contribution in [0.1, 0.15) is 12.8 Å². The summed E-state index contributed by atoms with van der Waals surface area (Å²) in [6, 6.07) is 0. The second kappa shape index (κ2) is 6.56. The maximum atomic E-state index is 10.5. The molecule has 1 fully saturated rings. The molecule has 1 aliphatic heterocycles. The number of phosphoric acid groups is 1. The summed E-state index contributed by atoms with van der Waals surface area (Å²) in [6.07, 6.45) is -5.66. The largest absolute Gasteiger partial charge is 0.469 e. The highest BCUT2D eigenvalue weighted by atomic mass is 31.2. The number of rotatable bonds is 7. The van der Waals surface area contributed by atoms with E-state index in [1.165, 1.54) is 0 Å². The molecule has 1 rings (SSSR count). The SMILES string of the molecule is O=C[C@H](O)CC[C@H]1O[C@](O)(COP(=O)(O)O)[C@@H](O)[C@@H]1O. The molecule has 5 atom stereocenters. The number of ether oxygens (including phenoxy) is 1. The van der Waals surface area contributed by atoms with Gasteiger partial charge < -0.3 is 39.7 Å². The minimum Gasteiger partial charge on any atom is -0.387 e. The predicted molar refractivity (Wildman–Crippen MR) is 61.1 cm³/mol. The van der Waals surface area contributed by atoms with Crippen LogP contribution in [-0.4, -0.2) is 73.3 Å². The first-order valence-corrected chi connectivity index (χ1v) is 7.22. The Balaban J connectivity index is 2.62. The third-order valence-corrected chi connectivity index (χ3v) is 3.33. The molecule has 0 aromatic heterocycles. The zero-order valence-corrected chi connectivity index (χ0v) is 11.2. The van der Waals surface area contributed by atoms with Crippen LogP contribution in [0.3, 0.4) is 0 Å². The standard InChI is InChI=1S/C9H17O10P/c10-3-5(11)1-2-6-7(12)8(13)9(14,19-6)4-18-20(15,16)17/h3,5-8,11-14H,1-2,4H2,(H2,15,16,17)/t5-,6-,7-,8+,9-/m1/s1. The van der Waals surface area contributed by atoms with Gasteiger partial charge in [0.25, 0.3) is 0 Å². The Bertz CT molecular complexity index is 383. The molecule has 0 unspecified atom stereocenters. The van der Waals surface area contributed by atoms with Gasteiger partial charge in [-0.3, -0.25) is 4.52 Å². The Hall–Kier alpha value is -0.420. The van der Waals surface area contributed by atoms with Gasteiger partial charge in [0.15, 0.2) is 0 Å². The van der Waals surface area contributed by atoms with Gasteiger partial charge in [0.1, 0.15) is 31.2 Å². The molecule has 1 saturated heterocycles. The fraction of sp³-hybridized carbons (Fsp3) is 0.889. The van der Waals surface area contributed by atoms with E-state index in [4.69, 9.17) is 19.6 Å². The van der Waals surface area contributed by atoms with Gasteiger partial charge in [-0.15, -0.1) is 0 Å². The molecular weight excluding hydrogens is 299 g/mol. The average molecular weight is 316 g/mol. The second-order valence-electron chi connectivity index (χ2n) is 4.48. The van der Waals surface area contributed by atoms with Gasteiger partial charge in [-0.25, -0.2) is 4.57 Å². The van der Waals surface area contributed by atoms with Crippen LogP contribution in [-0.2, 0) is 18.6 Å². The van der Waals surface area contributed by atoms with Crippen molar-refractivity contribution in [2.45, 2.75) is 43.0 Å². The van der Waals surface area contributed by atoms with Crippen LogP contribution >= 0.6 is 7.82 Å². The van der Waals surface area contributed by atoms with Crippen molar-refractivity contribution < 1.29 is 48.8 Å². The van der Waals surface area contributed by atoms with Crippen LogP contribution < -0.4 is 0 Å². The van der Waals surface area contributed by atoms with Crippen molar-refractivity contribution in [3.8, 4) is 0 Å². The first-order chi connectivity index (χ1) is 9.09. The monoisotopic (exact) mass is 316 g/mol. The number of carbonyl (C=O) groups excluding carboxylic acids is 1. The fourth-order valence-electron chi connectivity index (χ4n) is 1.80. The first-order valence-electron chi connectivity index (χ1n) is 5.69. The maximum absolute atomic E-state index is 10.5. The van der Waals surface area contributed by atoms with Crippen LogP contribution in [0.25, 0.3) is 0 Å². The van der Waals surface area contributed by atoms with E-state index < -0.39 is 44.6 Å². The number of phosphoric ester groups is 1. The lowest BCUT2D eigenvalue weighted by Crippen LogP contribution is -2.46. The number of carbonyl (C=O) groups is 1. The lowest BCUT2D eigenvalue weighted by molar-refractivity contribution is -0.243. The van der Waals surface area contributed by atoms with Crippen LogP contribution in [0, 0.1) is 0 Å². The molecule has 1 heterocycles. The maximum Gasteiger partial charge on any atom is 0.469 e. The molecule has 0 bridgehead atoms. The summed E-state index contributed by atoms with van der Waals surface area (Å²) in [4.78, 5) is 27.3. The summed E-state index contributed by atoms with van der Waals surface area (Å²) >= 11 is 0. The summed E-state index contributed by atoms with van der Waals surface area (Å²) in [7, 11) is -4.88. The van der Waals surface area contributed by atoms with Crippen molar-refractivity contribution in [3.05, 3.63) is 0 Å². The Labute approximate surface area is 113 Å². The van der Waals surface area contributed by atoms with Gasteiger partial charge in [0.05, 0.1) is 6.10 Å². The van der Waals surface area contributed by atoms with Gasteiger partial charge in [-0.2, -0.15) is 0 Å². The van der Waals surface area contributed by atoms with Crippen molar-refractivity contribution in [1.82, 2.24) is 0 Å². The van der Waals surface area contributed by atoms with Crippen LogP contribution in [0.15, 0.2) is 0 Å². The van der Waals surface area contributed by atoms with Crippen LogP contribution in [0.5, 0.6) is 0 Å². The van der Waals surface area contributed by atoms with Crippen molar-refractivity contribution >= 4 is 14.1 Å². The highest BCUT2D eigenvalue weighted by Gasteiger charge is 2.54. The number of aliphatic hydroxyl groups is 4. The van der Waals surface area contributed by atoms with Gasteiger partial charge in [-0.05, 0) is 12.8 Å². The van der Waals surface area contributed by atoms with E-state index >= 15 is 0 Å². The van der Waals surface area contributed by atoms with E-state index in [9.17, 15) is 24.7 Å². The molecule has 0 radical (unpaired) electrons. The minimum atomic E-state index is -4.88. The fourth-order valence-corrected chi connectivity index (χ4v) is 2.15. The van der Waals surface area contributed by atoms with Gasteiger partial charge in [-0.1, -0.05) is 0 Å². The van der Waals surface area contributed by atoms with Gasteiger partial charge in [0.2, 0.25) is 5.79 Å². The Morgan fingerprint density at radius 3 is 2.50 bits per heavy atom. The zero-order valence-electron chi connectivity index (χ0n) is 10.3. The lowest BCUT2D eigenvalue weighted by atomic mass is 10.0. The van der Waals surface area contributed by atoms with E-state index in [2.05, 4.69) is 4.52 Å². The summed E-state index contributed by atoms with van der Waals surface area (Å²) < 4.78 is 19.5. The second-order valence-corrected chi connectivity index (χ2v) is 5.72. The van der Waals surface area contributed by atoms with Crippen LogP contribution in [0.2, 0.25) is 0 Å². The molecule has 10 nitrogen and oxygen atoms in total. The van der Waals surface area contributed by atoms with Gasteiger partial charge in [0, 0.05) is 0 Å². The van der Waals surface area contributed by atoms with E-state index in [1.807, 2.05) is 0 Å². The number of hydrogen-bond acceptors (Lipinski definition) is 8. The van der Waals surface area contributed by atoms with Crippen molar-refractivity contribution in [2.75, 3.05) is 6.61 Å². The molecule has 1 aliphatic rings. The van der Waals surface area contributed by atoms with Crippen molar-refractivity contribution in [1.29, 1.82) is 0 Å². The molecular formula is C9H17O10P. The smallest absolute Gasteiger partial charge is 0.387 e. The van der Waals surface area contributed by atoms with E-state index in [-0.39, 0.29) is 19.1 Å². The quantitative estimate of drug-likeness (QED) is 0.213. The summed E-state index contributed by atoms with van der Waals surface area (Å²) in [6.45, 7) is -1.05. The summed E-state index contributed by atoms with van der Waals surface area (Å²) in [5.74, 6) is -2.49. The average Bonchev–Trinajstić information content (AvgIpc) is 2.58. The predicted octanol–water partition coefficient (Wildman–Crippen LogP) is -2.76. The van der Waals surface area contributed by atoms with Crippen LogP contribution in [0.4, 0.5) is 0 Å². The highest BCUT2D eigenvalue weighted by molar-refractivity contribution is 7.46. The third kappa shape index (κ3) is 4.55. The first kappa shape index (κ1) is 17.6. The Morgan fingerprint density at radius 2 is 2.00 bits per heavy atom. The lowest BCUT2D eigenvalue weighted by Gasteiger charge is -2.25. The molecule has 0 aliphatic carbocycles. The summed E-state index contributed by atoms with van der Waals surface area (Å²) in [5, 5.41) is 38.2. The molecule has 0 aromatic carbocycles. The van der Waals surface area contributed by atoms with E-state index in [0.29, 0.717) is 0 Å². The molecule has 0 saturated carbocycles. The molecule has 118 valence electrons. The normalized spacial score (nSPS) is 36.0. The molecule has 0 aromatic rings. The number of aliphatic hydroxyl groups excluding tert-OH is 3. The molecule has 0 amide bonds. The van der Waals surface area contributed by atoms with Gasteiger partial charge >= 0.3 is 7.82 Å². The highest BCUT2D eigenvalue weighted by Crippen LogP contribution is 2.40. The zero-order chi connectivity index (χ0) is 15.6. The van der Waals surface area contributed by atoms with E-state index in [0.717, 1.165) is 0 Å². The molecule has 20 heavy (non-hydrogen) atoms. The topological polar surface area (TPSA) is 174 Å². The number of aldehydes is 1. The molecule has 6 N–H and O–H groups in total. The minimum absolute atomic E-state index is 0.0592.